The number of hydrogen-bond acceptors (Lipinski definition) is 4. The summed E-state index contributed by atoms with van der Waals surface area (Å²) in [5, 5.41) is 19.8. The average Bonchev–Trinajstić information content (AvgIpc) is 1.94. The van der Waals surface area contributed by atoms with Crippen LogP contribution in [0.3, 0.4) is 0 Å². The lowest BCUT2D eigenvalue weighted by Crippen LogP contribution is -2.36. The molecule has 3 nitrogen and oxygen atoms in total. The van der Waals surface area contributed by atoms with Crippen LogP contribution in [0.4, 0.5) is 0 Å². The van der Waals surface area contributed by atoms with Crippen LogP contribution in [-0.4, -0.2) is 16.7 Å². The molecule has 1 aliphatic rings. The van der Waals surface area contributed by atoms with Crippen molar-refractivity contribution in [3.05, 3.63) is 23.1 Å². The van der Waals surface area contributed by atoms with Gasteiger partial charge >= 0.3 is 0 Å². The molecule has 0 heterocycles. The second-order valence-corrected chi connectivity index (χ2v) is 3.34. The van der Waals surface area contributed by atoms with Gasteiger partial charge in [0.05, 0.1) is 5.60 Å². The third-order valence-electron chi connectivity index (χ3n) is 1.68. The lowest BCUT2D eigenvalue weighted by Gasteiger charge is -2.26. The topological polar surface area (TPSA) is 60.4 Å². The molecule has 1 unspecified atom stereocenters. The van der Waals surface area contributed by atoms with Gasteiger partial charge in [0.2, 0.25) is 0 Å². The van der Waals surface area contributed by atoms with Crippen LogP contribution in [0.5, 0.6) is 0 Å². The number of aliphatic carboxylic acids is 1. The van der Waals surface area contributed by atoms with Gasteiger partial charge in [-0.25, -0.2) is 0 Å². The number of hydrogen-bond donors (Lipinski definition) is 2. The molecule has 66 valence electrons. The lowest BCUT2D eigenvalue weighted by molar-refractivity contribution is -0.308. The van der Waals surface area contributed by atoms with E-state index in [-0.39, 0.29) is 12.8 Å². The highest BCUT2D eigenvalue weighted by molar-refractivity contribution is 7.84. The van der Waals surface area contributed by atoms with E-state index in [1.165, 1.54) is 6.08 Å². The van der Waals surface area contributed by atoms with E-state index in [1.807, 2.05) is 0 Å². The van der Waals surface area contributed by atoms with E-state index >= 15 is 0 Å². The molecular weight excluding hydrogens is 176 g/mol. The quantitative estimate of drug-likeness (QED) is 0.577. The van der Waals surface area contributed by atoms with Gasteiger partial charge in [0.1, 0.15) is 0 Å². The number of carboxylic acid groups (broad SMARTS) is 1. The number of thiol groups is 1. The zero-order chi connectivity index (χ0) is 9.19. The number of carbonyl (C=O) groups is 1. The van der Waals surface area contributed by atoms with Gasteiger partial charge in [-0.2, -0.15) is 0 Å². The normalized spacial score (nSPS) is 28.3. The average molecular weight is 185 g/mol. The number of rotatable bonds is 2. The Morgan fingerprint density at radius 3 is 2.92 bits per heavy atom. The summed E-state index contributed by atoms with van der Waals surface area (Å²) in [6, 6.07) is 0. The van der Waals surface area contributed by atoms with Gasteiger partial charge < -0.3 is 15.0 Å². The van der Waals surface area contributed by atoms with E-state index < -0.39 is 11.6 Å². The monoisotopic (exact) mass is 185 g/mol. The number of carbonyl (C=O) groups excluding carboxylic acids is 1. The largest absolute Gasteiger partial charge is 0.550 e. The van der Waals surface area contributed by atoms with Crippen LogP contribution in [-0.2, 0) is 4.79 Å². The van der Waals surface area contributed by atoms with Crippen molar-refractivity contribution in [2.75, 3.05) is 0 Å². The van der Waals surface area contributed by atoms with E-state index in [0.717, 1.165) is 4.91 Å². The Kier molecular flexibility index (Phi) is 2.59. The molecule has 0 aromatic heterocycles. The smallest absolute Gasteiger partial charge is 0.0917 e. The van der Waals surface area contributed by atoms with Crippen LogP contribution in [0.25, 0.3) is 0 Å². The first kappa shape index (κ1) is 9.35. The second-order valence-electron chi connectivity index (χ2n) is 2.82. The Hall–Kier alpha value is -0.740. The maximum atomic E-state index is 10.2. The summed E-state index contributed by atoms with van der Waals surface area (Å²) in [6.07, 6.45) is 4.59. The minimum atomic E-state index is -1.29. The molecule has 1 rings (SSSR count). The van der Waals surface area contributed by atoms with E-state index in [1.54, 1.807) is 12.2 Å². The highest BCUT2D eigenvalue weighted by Crippen LogP contribution is 2.24. The summed E-state index contributed by atoms with van der Waals surface area (Å²) in [7, 11) is 0. The minimum absolute atomic E-state index is 0.274. The molecule has 0 radical (unpaired) electrons. The molecule has 12 heavy (non-hydrogen) atoms. The molecular formula is C8H9O3S-. The van der Waals surface area contributed by atoms with Crippen LogP contribution < -0.4 is 5.11 Å². The first-order valence-electron chi connectivity index (χ1n) is 3.52. The summed E-state index contributed by atoms with van der Waals surface area (Å²) >= 11 is 4.03. The van der Waals surface area contributed by atoms with Gasteiger partial charge in [0, 0.05) is 12.4 Å². The van der Waals surface area contributed by atoms with Crippen molar-refractivity contribution in [1.82, 2.24) is 0 Å². The molecule has 1 N–H and O–H groups in total. The molecule has 0 saturated carbocycles. The third-order valence-corrected chi connectivity index (χ3v) is 2.01. The summed E-state index contributed by atoms with van der Waals surface area (Å²) in [6.45, 7) is 0. The predicted octanol–water partition coefficient (Wildman–Crippen LogP) is -0.369. The number of aliphatic hydroxyl groups is 1. The maximum absolute atomic E-state index is 10.2. The van der Waals surface area contributed by atoms with Gasteiger partial charge in [0.15, 0.2) is 0 Å². The van der Waals surface area contributed by atoms with Crippen molar-refractivity contribution in [1.29, 1.82) is 0 Å². The fourth-order valence-corrected chi connectivity index (χ4v) is 1.20. The fraction of sp³-hybridized carbons (Fsp3) is 0.375. The molecule has 0 fully saturated rings. The van der Waals surface area contributed by atoms with Crippen molar-refractivity contribution in [2.24, 2.45) is 0 Å². The number of carboxylic acids is 1. The van der Waals surface area contributed by atoms with Gasteiger partial charge in [-0.3, -0.25) is 0 Å². The summed E-state index contributed by atoms with van der Waals surface area (Å²) < 4.78 is 0. The standard InChI is InChI=1S/C8H10O3S/c9-7(10)5-8(11)3-1-6(12)2-4-8/h1-3,11-12H,4-5H2,(H,9,10)/p-1. The molecule has 0 saturated heterocycles. The van der Waals surface area contributed by atoms with Crippen molar-refractivity contribution in [3.8, 4) is 0 Å². The fourth-order valence-electron chi connectivity index (χ4n) is 1.04. The van der Waals surface area contributed by atoms with Gasteiger partial charge in [-0.15, -0.1) is 12.6 Å². The van der Waals surface area contributed by atoms with Crippen LogP contribution in [0.2, 0.25) is 0 Å². The Morgan fingerprint density at radius 2 is 2.50 bits per heavy atom. The van der Waals surface area contributed by atoms with Crippen LogP contribution >= 0.6 is 12.6 Å². The number of allylic oxidation sites excluding steroid dienone is 1. The molecule has 0 aromatic carbocycles. The maximum Gasteiger partial charge on any atom is 0.0917 e. The van der Waals surface area contributed by atoms with Crippen LogP contribution in [0.15, 0.2) is 23.1 Å². The van der Waals surface area contributed by atoms with Crippen molar-refractivity contribution >= 4 is 18.6 Å². The highest BCUT2D eigenvalue weighted by Gasteiger charge is 2.24. The molecule has 0 aromatic rings. The third kappa shape index (κ3) is 2.39. The van der Waals surface area contributed by atoms with Gasteiger partial charge in [-0.1, -0.05) is 18.2 Å². The highest BCUT2D eigenvalue weighted by atomic mass is 32.1. The molecule has 0 aliphatic heterocycles. The molecule has 4 heteroatoms. The van der Waals surface area contributed by atoms with Gasteiger partial charge in [0.25, 0.3) is 0 Å². The Bertz CT molecular complexity index is 257. The molecule has 1 aliphatic carbocycles. The van der Waals surface area contributed by atoms with Gasteiger partial charge in [-0.05, 0) is 11.3 Å². The van der Waals surface area contributed by atoms with Crippen LogP contribution in [0.1, 0.15) is 12.8 Å². The minimum Gasteiger partial charge on any atom is -0.550 e. The molecule has 0 bridgehead atoms. The summed E-state index contributed by atoms with van der Waals surface area (Å²) in [5.74, 6) is -1.25. The first-order valence-corrected chi connectivity index (χ1v) is 3.97. The molecule has 0 amide bonds. The van der Waals surface area contributed by atoms with Crippen LogP contribution in [0, 0.1) is 0 Å². The lowest BCUT2D eigenvalue weighted by atomic mass is 9.92. The molecule has 0 spiro atoms. The zero-order valence-electron chi connectivity index (χ0n) is 6.36. The first-order chi connectivity index (χ1) is 5.52. The zero-order valence-corrected chi connectivity index (χ0v) is 7.25. The predicted molar refractivity (Wildman–Crippen MR) is 45.4 cm³/mol. The van der Waals surface area contributed by atoms with Crippen molar-refractivity contribution in [3.63, 3.8) is 0 Å². The van der Waals surface area contributed by atoms with Crippen molar-refractivity contribution in [2.45, 2.75) is 18.4 Å². The van der Waals surface area contributed by atoms with E-state index in [2.05, 4.69) is 12.6 Å². The Morgan fingerprint density at radius 1 is 1.83 bits per heavy atom. The summed E-state index contributed by atoms with van der Waals surface area (Å²) in [4.78, 5) is 10.9. The summed E-state index contributed by atoms with van der Waals surface area (Å²) in [5.41, 5.74) is -1.29. The Labute approximate surface area is 75.8 Å². The SMILES string of the molecule is O=C([O-])CC1(O)C=CC(S)=CC1. The van der Waals surface area contributed by atoms with E-state index in [0.29, 0.717) is 0 Å². The van der Waals surface area contributed by atoms with E-state index in [4.69, 9.17) is 0 Å². The second kappa shape index (κ2) is 3.33. The van der Waals surface area contributed by atoms with E-state index in [9.17, 15) is 15.0 Å². The van der Waals surface area contributed by atoms with Crippen molar-refractivity contribution < 1.29 is 15.0 Å². The Balaban J connectivity index is 2.65. The molecule has 1 atom stereocenters.